The Balaban J connectivity index is 2.37. The highest BCUT2D eigenvalue weighted by molar-refractivity contribution is 7.89. The molecule has 0 aromatic heterocycles. The molecule has 0 amide bonds. The van der Waals surface area contributed by atoms with Crippen molar-refractivity contribution in [3.8, 4) is 5.75 Å². The molecule has 0 saturated heterocycles. The van der Waals surface area contributed by atoms with Crippen molar-refractivity contribution in [3.05, 3.63) is 35.9 Å². The summed E-state index contributed by atoms with van der Waals surface area (Å²) in [6, 6.07) is 4.72. The lowest BCUT2D eigenvalue weighted by Gasteiger charge is -2.22. The Morgan fingerprint density at radius 3 is 2.45 bits per heavy atom. The van der Waals surface area contributed by atoms with E-state index in [1.54, 1.807) is 13.0 Å². The monoisotopic (exact) mass is 297 g/mol. The Morgan fingerprint density at radius 2 is 1.95 bits per heavy atom. The van der Waals surface area contributed by atoms with E-state index in [0.29, 0.717) is 11.3 Å². The fourth-order valence-electron chi connectivity index (χ4n) is 2.12. The third-order valence-electron chi connectivity index (χ3n) is 3.21. The maximum Gasteiger partial charge on any atom is 0.326 e. The second-order valence-corrected chi connectivity index (χ2v) is 6.33. The Bertz CT molecular complexity index is 648. The van der Waals surface area contributed by atoms with Crippen LogP contribution in [0.1, 0.15) is 6.92 Å². The minimum absolute atomic E-state index is 0.0488. The van der Waals surface area contributed by atoms with Gasteiger partial charge in [0, 0.05) is 6.54 Å². The molecule has 108 valence electrons. The molecule has 0 saturated carbocycles. The maximum absolute atomic E-state index is 12.5. The molecule has 1 aliphatic rings. The smallest absolute Gasteiger partial charge is 0.326 e. The van der Waals surface area contributed by atoms with Gasteiger partial charge in [-0.3, -0.25) is 4.79 Å². The first-order chi connectivity index (χ1) is 9.37. The van der Waals surface area contributed by atoms with Crippen LogP contribution >= 0.6 is 0 Å². The van der Waals surface area contributed by atoms with E-state index in [9.17, 15) is 18.3 Å². The van der Waals surface area contributed by atoms with E-state index < -0.39 is 22.0 Å². The lowest BCUT2D eigenvalue weighted by molar-refractivity contribution is -0.139. The van der Waals surface area contributed by atoms with Crippen molar-refractivity contribution in [2.24, 2.45) is 0 Å². The second-order valence-electron chi connectivity index (χ2n) is 4.44. The third-order valence-corrected chi connectivity index (χ3v) is 5.06. The van der Waals surface area contributed by atoms with Crippen LogP contribution in [-0.4, -0.2) is 43.5 Å². The summed E-state index contributed by atoms with van der Waals surface area (Å²) in [6.07, 6.45) is 1.61. The van der Waals surface area contributed by atoms with Crippen LogP contribution < -0.4 is 4.74 Å². The average Bonchev–Trinajstić information content (AvgIpc) is 2.81. The van der Waals surface area contributed by atoms with Gasteiger partial charge >= 0.3 is 5.97 Å². The number of ether oxygens (including phenoxy) is 1. The largest absolute Gasteiger partial charge is 0.497 e. The van der Waals surface area contributed by atoms with E-state index in [1.165, 1.54) is 31.4 Å². The summed E-state index contributed by atoms with van der Waals surface area (Å²) in [5, 5.41) is 9.18. The highest BCUT2D eigenvalue weighted by Gasteiger charge is 2.39. The van der Waals surface area contributed by atoms with E-state index in [1.807, 2.05) is 0 Å². The number of nitrogens with zero attached hydrogens (tertiary/aromatic N) is 1. The lowest BCUT2D eigenvalue weighted by Crippen LogP contribution is -2.42. The topological polar surface area (TPSA) is 83.9 Å². The molecule has 0 fully saturated rings. The quantitative estimate of drug-likeness (QED) is 0.841. The highest BCUT2D eigenvalue weighted by Crippen LogP contribution is 2.27. The van der Waals surface area contributed by atoms with E-state index >= 15 is 0 Å². The van der Waals surface area contributed by atoms with Crippen molar-refractivity contribution >= 4 is 16.0 Å². The summed E-state index contributed by atoms with van der Waals surface area (Å²) >= 11 is 0. The zero-order valence-corrected chi connectivity index (χ0v) is 11.9. The van der Waals surface area contributed by atoms with Gasteiger partial charge in [0.05, 0.1) is 12.0 Å². The first-order valence-electron chi connectivity index (χ1n) is 5.93. The number of methoxy groups -OCH3 is 1. The Morgan fingerprint density at radius 1 is 1.35 bits per heavy atom. The molecule has 1 aromatic rings. The van der Waals surface area contributed by atoms with Crippen LogP contribution in [-0.2, 0) is 14.8 Å². The minimum atomic E-state index is -3.85. The Labute approximate surface area is 117 Å². The molecule has 0 spiro atoms. The molecule has 20 heavy (non-hydrogen) atoms. The van der Waals surface area contributed by atoms with Crippen molar-refractivity contribution < 1.29 is 23.1 Å². The van der Waals surface area contributed by atoms with E-state index in [4.69, 9.17) is 4.74 Å². The van der Waals surface area contributed by atoms with E-state index in [-0.39, 0.29) is 11.4 Å². The summed E-state index contributed by atoms with van der Waals surface area (Å²) < 4.78 is 30.9. The molecule has 2 rings (SSSR count). The van der Waals surface area contributed by atoms with Gasteiger partial charge in [-0.15, -0.1) is 0 Å². The van der Waals surface area contributed by atoms with Gasteiger partial charge in [-0.05, 0) is 36.8 Å². The lowest BCUT2D eigenvalue weighted by atomic mass is 10.2. The Kier molecular flexibility index (Phi) is 3.82. The van der Waals surface area contributed by atoms with Gasteiger partial charge in [-0.1, -0.05) is 6.08 Å². The molecule has 1 atom stereocenters. The first kappa shape index (κ1) is 14.5. The zero-order chi connectivity index (χ0) is 14.9. The number of sulfonamides is 1. The van der Waals surface area contributed by atoms with Crippen LogP contribution in [0.2, 0.25) is 0 Å². The van der Waals surface area contributed by atoms with Crippen molar-refractivity contribution in [2.45, 2.75) is 17.9 Å². The number of aliphatic carboxylic acids is 1. The number of benzene rings is 1. The first-order valence-corrected chi connectivity index (χ1v) is 7.37. The fourth-order valence-corrected chi connectivity index (χ4v) is 3.67. The van der Waals surface area contributed by atoms with Gasteiger partial charge in [0.2, 0.25) is 10.0 Å². The molecular formula is C13H15NO5S. The summed E-state index contributed by atoms with van der Waals surface area (Å²) in [5.41, 5.74) is 0.523. The number of rotatable bonds is 4. The van der Waals surface area contributed by atoms with Crippen LogP contribution in [0.4, 0.5) is 0 Å². The molecule has 0 aliphatic carbocycles. The summed E-state index contributed by atoms with van der Waals surface area (Å²) in [6.45, 7) is 1.68. The maximum atomic E-state index is 12.5. The highest BCUT2D eigenvalue weighted by atomic mass is 32.2. The predicted molar refractivity (Wildman–Crippen MR) is 72.1 cm³/mol. The number of hydrogen-bond donors (Lipinski definition) is 1. The van der Waals surface area contributed by atoms with Gasteiger partial charge in [0.1, 0.15) is 11.8 Å². The van der Waals surface area contributed by atoms with Crippen molar-refractivity contribution in [1.29, 1.82) is 0 Å². The number of carboxylic acid groups (broad SMARTS) is 1. The van der Waals surface area contributed by atoms with Crippen LogP contribution in [0.15, 0.2) is 40.8 Å². The summed E-state index contributed by atoms with van der Waals surface area (Å²) in [7, 11) is -2.36. The average molecular weight is 297 g/mol. The van der Waals surface area contributed by atoms with Crippen molar-refractivity contribution in [3.63, 3.8) is 0 Å². The molecule has 6 nitrogen and oxygen atoms in total. The molecule has 7 heteroatoms. The molecule has 1 unspecified atom stereocenters. The van der Waals surface area contributed by atoms with Crippen LogP contribution in [0, 0.1) is 0 Å². The number of hydrogen-bond acceptors (Lipinski definition) is 4. The normalized spacial score (nSPS) is 19.7. The predicted octanol–water partition coefficient (Wildman–Crippen LogP) is 1.10. The molecule has 1 aliphatic heterocycles. The minimum Gasteiger partial charge on any atom is -0.497 e. The molecule has 0 bridgehead atoms. The standard InChI is InChI=1S/C13H15NO5S/c1-9-7-8-14(12(9)13(15)16)20(17,18)11-5-3-10(19-2)4-6-11/h3-7,12H,8H2,1-2H3,(H,15,16). The number of carboxylic acids is 1. The van der Waals surface area contributed by atoms with Crippen molar-refractivity contribution in [2.75, 3.05) is 13.7 Å². The SMILES string of the molecule is COc1ccc(S(=O)(=O)N2CC=C(C)C2C(=O)O)cc1. The third kappa shape index (κ3) is 2.41. The summed E-state index contributed by atoms with van der Waals surface area (Å²) in [5.74, 6) is -0.636. The summed E-state index contributed by atoms with van der Waals surface area (Å²) in [4.78, 5) is 11.3. The van der Waals surface area contributed by atoms with Crippen LogP contribution in [0.5, 0.6) is 5.75 Å². The fraction of sp³-hybridized carbons (Fsp3) is 0.308. The van der Waals surface area contributed by atoms with Gasteiger partial charge in [0.15, 0.2) is 0 Å². The molecule has 1 N–H and O–H groups in total. The number of carbonyl (C=O) groups is 1. The van der Waals surface area contributed by atoms with E-state index in [2.05, 4.69) is 0 Å². The molecular weight excluding hydrogens is 282 g/mol. The van der Waals surface area contributed by atoms with Gasteiger partial charge < -0.3 is 9.84 Å². The van der Waals surface area contributed by atoms with E-state index in [0.717, 1.165) is 4.31 Å². The molecule has 1 heterocycles. The zero-order valence-electron chi connectivity index (χ0n) is 11.1. The molecule has 0 radical (unpaired) electrons. The van der Waals surface area contributed by atoms with Crippen molar-refractivity contribution in [1.82, 2.24) is 4.31 Å². The Hall–Kier alpha value is -1.86. The van der Waals surface area contributed by atoms with Crippen LogP contribution in [0.3, 0.4) is 0 Å². The second kappa shape index (κ2) is 5.26. The van der Waals surface area contributed by atoms with Gasteiger partial charge in [-0.25, -0.2) is 8.42 Å². The van der Waals surface area contributed by atoms with Crippen LogP contribution in [0.25, 0.3) is 0 Å². The van der Waals surface area contributed by atoms with Gasteiger partial charge in [-0.2, -0.15) is 4.31 Å². The molecule has 1 aromatic carbocycles. The van der Waals surface area contributed by atoms with Gasteiger partial charge in [0.25, 0.3) is 0 Å².